The quantitative estimate of drug-likeness (QED) is 0.659. The van der Waals surface area contributed by atoms with Crippen molar-refractivity contribution in [3.8, 4) is 0 Å². The molecule has 6 nitrogen and oxygen atoms in total. The lowest BCUT2D eigenvalue weighted by molar-refractivity contribution is -0.119. The number of amides is 1. The Kier molecular flexibility index (Phi) is 7.53. The standard InChI is InChI=1S/C17H25ClN2O4S/c1-25(22,23)20(15-9-7-14(18)8-10-15)13-17(21)19-11-4-12-24-16-5-2-3-6-16/h7-10,16H,2-6,11-13H2,1H3,(H,19,21). The van der Waals surface area contributed by atoms with Crippen molar-refractivity contribution in [1.29, 1.82) is 0 Å². The Bertz CT molecular complexity index is 658. The predicted molar refractivity (Wildman–Crippen MR) is 99.5 cm³/mol. The Labute approximate surface area is 154 Å². The van der Waals surface area contributed by atoms with Crippen molar-refractivity contribution in [2.45, 2.75) is 38.2 Å². The second-order valence-electron chi connectivity index (χ2n) is 6.23. The normalized spacial score (nSPS) is 15.3. The molecule has 1 aromatic rings. The minimum absolute atomic E-state index is 0.260. The number of benzene rings is 1. The van der Waals surface area contributed by atoms with Gasteiger partial charge in [-0.2, -0.15) is 0 Å². The van der Waals surface area contributed by atoms with E-state index in [1.807, 2.05) is 0 Å². The summed E-state index contributed by atoms with van der Waals surface area (Å²) in [5.41, 5.74) is 0.409. The van der Waals surface area contributed by atoms with Gasteiger partial charge in [-0.1, -0.05) is 24.4 Å². The average molecular weight is 389 g/mol. The van der Waals surface area contributed by atoms with Gasteiger partial charge in [0, 0.05) is 18.2 Å². The molecule has 1 aliphatic rings. The molecular weight excluding hydrogens is 364 g/mol. The van der Waals surface area contributed by atoms with Crippen molar-refractivity contribution in [2.75, 3.05) is 30.3 Å². The fourth-order valence-corrected chi connectivity index (χ4v) is 3.78. The largest absolute Gasteiger partial charge is 0.378 e. The molecule has 1 aromatic carbocycles. The van der Waals surface area contributed by atoms with Gasteiger partial charge in [0.25, 0.3) is 0 Å². The smallest absolute Gasteiger partial charge is 0.240 e. The molecule has 0 heterocycles. The van der Waals surface area contributed by atoms with E-state index in [0.717, 1.165) is 23.4 Å². The number of carbonyl (C=O) groups excluding carboxylic acids is 1. The molecule has 1 amide bonds. The minimum atomic E-state index is -3.57. The molecule has 0 unspecified atom stereocenters. The molecule has 0 radical (unpaired) electrons. The van der Waals surface area contributed by atoms with Crippen LogP contribution in [-0.4, -0.2) is 46.4 Å². The maximum Gasteiger partial charge on any atom is 0.240 e. The van der Waals surface area contributed by atoms with Gasteiger partial charge in [-0.3, -0.25) is 9.10 Å². The van der Waals surface area contributed by atoms with E-state index in [2.05, 4.69) is 5.32 Å². The van der Waals surface area contributed by atoms with E-state index >= 15 is 0 Å². The van der Waals surface area contributed by atoms with E-state index in [4.69, 9.17) is 16.3 Å². The SMILES string of the molecule is CS(=O)(=O)N(CC(=O)NCCCOC1CCCC1)c1ccc(Cl)cc1. The Balaban J connectivity index is 1.78. The zero-order valence-corrected chi connectivity index (χ0v) is 16.0. The summed E-state index contributed by atoms with van der Waals surface area (Å²) < 4.78 is 30.7. The molecule has 0 aromatic heterocycles. The van der Waals surface area contributed by atoms with Crippen LogP contribution >= 0.6 is 11.6 Å². The molecule has 2 rings (SSSR count). The summed E-state index contributed by atoms with van der Waals surface area (Å²) in [6.45, 7) is 0.811. The van der Waals surface area contributed by atoms with E-state index < -0.39 is 10.0 Å². The number of hydrogen-bond acceptors (Lipinski definition) is 4. The number of nitrogens with one attached hydrogen (secondary N) is 1. The number of anilines is 1. The van der Waals surface area contributed by atoms with Gasteiger partial charge in [0.2, 0.25) is 15.9 Å². The summed E-state index contributed by atoms with van der Waals surface area (Å²) in [6, 6.07) is 6.33. The number of nitrogens with zero attached hydrogens (tertiary/aromatic N) is 1. The molecule has 140 valence electrons. The first kappa shape index (κ1) is 20.0. The van der Waals surface area contributed by atoms with Gasteiger partial charge >= 0.3 is 0 Å². The van der Waals surface area contributed by atoms with Crippen molar-refractivity contribution in [2.24, 2.45) is 0 Å². The van der Waals surface area contributed by atoms with Crippen LogP contribution in [0, 0.1) is 0 Å². The molecule has 0 spiro atoms. The van der Waals surface area contributed by atoms with Crippen molar-refractivity contribution in [1.82, 2.24) is 5.32 Å². The van der Waals surface area contributed by atoms with Gasteiger partial charge in [-0.05, 0) is 43.5 Å². The highest BCUT2D eigenvalue weighted by Crippen LogP contribution is 2.21. The van der Waals surface area contributed by atoms with Gasteiger partial charge in [0.15, 0.2) is 0 Å². The number of carbonyl (C=O) groups is 1. The average Bonchev–Trinajstić information content (AvgIpc) is 3.06. The molecule has 1 aliphatic carbocycles. The van der Waals surface area contributed by atoms with E-state index in [9.17, 15) is 13.2 Å². The molecule has 1 fully saturated rings. The topological polar surface area (TPSA) is 75.7 Å². The third-order valence-corrected chi connectivity index (χ3v) is 5.49. The lowest BCUT2D eigenvalue weighted by Gasteiger charge is -2.22. The highest BCUT2D eigenvalue weighted by Gasteiger charge is 2.20. The van der Waals surface area contributed by atoms with Gasteiger partial charge in [0.1, 0.15) is 6.54 Å². The van der Waals surface area contributed by atoms with Crippen LogP contribution in [0.15, 0.2) is 24.3 Å². The summed E-state index contributed by atoms with van der Waals surface area (Å²) in [7, 11) is -3.57. The Hall–Kier alpha value is -1.31. The zero-order valence-electron chi connectivity index (χ0n) is 14.4. The van der Waals surface area contributed by atoms with Crippen LogP contribution in [0.25, 0.3) is 0 Å². The van der Waals surface area contributed by atoms with Crippen LogP contribution in [0.4, 0.5) is 5.69 Å². The Morgan fingerprint density at radius 1 is 1.28 bits per heavy atom. The third-order valence-electron chi connectivity index (χ3n) is 4.10. The van der Waals surface area contributed by atoms with Crippen molar-refractivity contribution in [3.63, 3.8) is 0 Å². The number of rotatable bonds is 9. The van der Waals surface area contributed by atoms with Crippen molar-refractivity contribution < 1.29 is 17.9 Å². The van der Waals surface area contributed by atoms with Gasteiger partial charge < -0.3 is 10.1 Å². The van der Waals surface area contributed by atoms with Crippen LogP contribution < -0.4 is 9.62 Å². The monoisotopic (exact) mass is 388 g/mol. The summed E-state index contributed by atoms with van der Waals surface area (Å²) in [6.07, 6.45) is 6.85. The fraction of sp³-hybridized carbons (Fsp3) is 0.588. The molecule has 0 atom stereocenters. The molecule has 25 heavy (non-hydrogen) atoms. The molecule has 0 bridgehead atoms. The second kappa shape index (κ2) is 9.40. The molecule has 1 N–H and O–H groups in total. The third kappa shape index (κ3) is 6.84. The van der Waals surface area contributed by atoms with Crippen LogP contribution in [0.1, 0.15) is 32.1 Å². The summed E-state index contributed by atoms with van der Waals surface area (Å²) in [5.74, 6) is -0.346. The van der Waals surface area contributed by atoms with Crippen molar-refractivity contribution in [3.05, 3.63) is 29.3 Å². The highest BCUT2D eigenvalue weighted by molar-refractivity contribution is 7.92. The molecule has 0 saturated heterocycles. The Morgan fingerprint density at radius 2 is 1.92 bits per heavy atom. The van der Waals surface area contributed by atoms with Crippen LogP contribution in [0.2, 0.25) is 5.02 Å². The highest BCUT2D eigenvalue weighted by atomic mass is 35.5. The number of halogens is 1. The lowest BCUT2D eigenvalue weighted by atomic mass is 10.3. The first-order chi connectivity index (χ1) is 11.9. The van der Waals surface area contributed by atoms with Gasteiger partial charge in [0.05, 0.1) is 18.0 Å². The van der Waals surface area contributed by atoms with E-state index in [-0.39, 0.29) is 12.5 Å². The summed E-state index contributed by atoms with van der Waals surface area (Å²) in [5, 5.41) is 3.24. The summed E-state index contributed by atoms with van der Waals surface area (Å²) in [4.78, 5) is 12.1. The Morgan fingerprint density at radius 3 is 2.52 bits per heavy atom. The predicted octanol–water partition coefficient (Wildman–Crippen LogP) is 2.57. The van der Waals surface area contributed by atoms with Gasteiger partial charge in [-0.15, -0.1) is 0 Å². The zero-order chi connectivity index (χ0) is 18.3. The fourth-order valence-electron chi connectivity index (χ4n) is 2.80. The molecule has 0 aliphatic heterocycles. The first-order valence-corrected chi connectivity index (χ1v) is 10.7. The maximum atomic E-state index is 12.1. The van der Waals surface area contributed by atoms with Crippen LogP contribution in [0.3, 0.4) is 0 Å². The van der Waals surface area contributed by atoms with Crippen LogP contribution in [0.5, 0.6) is 0 Å². The molecule has 1 saturated carbocycles. The maximum absolute atomic E-state index is 12.1. The molecular formula is C17H25ClN2O4S. The van der Waals surface area contributed by atoms with E-state index in [1.54, 1.807) is 24.3 Å². The number of ether oxygens (including phenoxy) is 1. The van der Waals surface area contributed by atoms with E-state index in [0.29, 0.717) is 36.4 Å². The van der Waals surface area contributed by atoms with E-state index in [1.165, 1.54) is 12.8 Å². The molecule has 8 heteroatoms. The first-order valence-electron chi connectivity index (χ1n) is 8.48. The van der Waals surface area contributed by atoms with Crippen molar-refractivity contribution >= 4 is 33.2 Å². The second-order valence-corrected chi connectivity index (χ2v) is 8.57. The summed E-state index contributed by atoms with van der Waals surface area (Å²) >= 11 is 5.82. The number of hydrogen-bond donors (Lipinski definition) is 1. The van der Waals surface area contributed by atoms with Gasteiger partial charge in [-0.25, -0.2) is 8.42 Å². The minimum Gasteiger partial charge on any atom is -0.378 e. The number of sulfonamides is 1. The van der Waals surface area contributed by atoms with Crippen LogP contribution in [-0.2, 0) is 19.6 Å². The lowest BCUT2D eigenvalue weighted by Crippen LogP contribution is -2.40.